The molecule has 0 aromatic carbocycles. The lowest BCUT2D eigenvalue weighted by molar-refractivity contribution is -0.139. The van der Waals surface area contributed by atoms with E-state index < -0.39 is 0 Å². The molecule has 4 unspecified atom stereocenters. The molecule has 128 valence electrons. The highest BCUT2D eigenvalue weighted by Gasteiger charge is 2.25. The molecule has 0 spiro atoms. The number of hydrogen-bond acceptors (Lipinski definition) is 3. The van der Waals surface area contributed by atoms with Gasteiger partial charge in [0, 0.05) is 6.54 Å². The fourth-order valence-corrected chi connectivity index (χ4v) is 3.76. The van der Waals surface area contributed by atoms with E-state index in [1.807, 2.05) is 6.92 Å². The predicted molar refractivity (Wildman–Crippen MR) is 89.8 cm³/mol. The number of ether oxygens (including phenoxy) is 1. The van der Waals surface area contributed by atoms with Crippen molar-refractivity contribution in [1.82, 2.24) is 10.6 Å². The fourth-order valence-electron chi connectivity index (χ4n) is 3.76. The van der Waals surface area contributed by atoms with Crippen LogP contribution < -0.4 is 10.6 Å². The van der Waals surface area contributed by atoms with Crippen molar-refractivity contribution in [2.45, 2.75) is 77.4 Å². The van der Waals surface area contributed by atoms with Crippen molar-refractivity contribution in [2.75, 3.05) is 19.6 Å². The molecule has 1 aliphatic carbocycles. The number of piperidine rings is 1. The minimum absolute atomic E-state index is 0.0875. The van der Waals surface area contributed by atoms with Gasteiger partial charge in [-0.1, -0.05) is 26.7 Å². The summed E-state index contributed by atoms with van der Waals surface area (Å²) in [5.74, 6) is 1.54. The van der Waals surface area contributed by atoms with Crippen molar-refractivity contribution in [3.05, 3.63) is 0 Å². The Labute approximate surface area is 135 Å². The van der Waals surface area contributed by atoms with Crippen molar-refractivity contribution >= 4 is 5.91 Å². The molecule has 0 bridgehead atoms. The Morgan fingerprint density at radius 2 is 2.18 bits per heavy atom. The van der Waals surface area contributed by atoms with E-state index in [-0.39, 0.29) is 18.1 Å². The zero-order chi connectivity index (χ0) is 15.8. The first-order valence-electron chi connectivity index (χ1n) is 9.33. The average molecular weight is 310 g/mol. The van der Waals surface area contributed by atoms with E-state index in [0.717, 1.165) is 51.2 Å². The second kappa shape index (κ2) is 9.51. The maximum atomic E-state index is 12.3. The van der Waals surface area contributed by atoms with Crippen molar-refractivity contribution in [3.8, 4) is 0 Å². The fraction of sp³-hybridized carbons (Fsp3) is 0.944. The summed E-state index contributed by atoms with van der Waals surface area (Å²) in [6.45, 7) is 7.36. The van der Waals surface area contributed by atoms with E-state index in [9.17, 15) is 4.79 Å². The molecule has 4 atom stereocenters. The molecule has 2 fully saturated rings. The molecule has 1 heterocycles. The first-order valence-corrected chi connectivity index (χ1v) is 9.33. The molecule has 1 aliphatic heterocycles. The molecule has 1 saturated heterocycles. The highest BCUT2D eigenvalue weighted by Crippen LogP contribution is 2.27. The first-order chi connectivity index (χ1) is 10.7. The van der Waals surface area contributed by atoms with Crippen LogP contribution in [0.25, 0.3) is 0 Å². The topological polar surface area (TPSA) is 50.4 Å². The molecular formula is C18H34N2O2. The summed E-state index contributed by atoms with van der Waals surface area (Å²) in [7, 11) is 0. The van der Waals surface area contributed by atoms with Gasteiger partial charge >= 0.3 is 0 Å². The Morgan fingerprint density at radius 1 is 1.32 bits per heavy atom. The normalized spacial score (nSPS) is 30.7. The monoisotopic (exact) mass is 310 g/mol. The van der Waals surface area contributed by atoms with Crippen molar-refractivity contribution < 1.29 is 9.53 Å². The van der Waals surface area contributed by atoms with Gasteiger partial charge < -0.3 is 15.4 Å². The van der Waals surface area contributed by atoms with E-state index in [1.165, 1.54) is 25.7 Å². The van der Waals surface area contributed by atoms with Gasteiger partial charge in [0.05, 0.1) is 6.10 Å². The van der Waals surface area contributed by atoms with Gasteiger partial charge in [0.25, 0.3) is 0 Å². The minimum atomic E-state index is -0.264. The number of hydrogen-bond donors (Lipinski definition) is 2. The van der Waals surface area contributed by atoms with Gasteiger partial charge in [-0.05, 0) is 63.5 Å². The van der Waals surface area contributed by atoms with Crippen LogP contribution in [0.3, 0.4) is 0 Å². The van der Waals surface area contributed by atoms with Crippen molar-refractivity contribution in [3.63, 3.8) is 0 Å². The van der Waals surface area contributed by atoms with E-state index >= 15 is 0 Å². The zero-order valence-electron chi connectivity index (χ0n) is 14.4. The predicted octanol–water partition coefficient (Wildman–Crippen LogP) is 2.87. The zero-order valence-corrected chi connectivity index (χ0v) is 14.4. The molecule has 1 amide bonds. The molecule has 1 saturated carbocycles. The van der Waals surface area contributed by atoms with Crippen LogP contribution in [0.5, 0.6) is 0 Å². The van der Waals surface area contributed by atoms with E-state index in [4.69, 9.17) is 4.74 Å². The third-order valence-corrected chi connectivity index (χ3v) is 5.16. The number of amides is 1. The van der Waals surface area contributed by atoms with Gasteiger partial charge in [-0.15, -0.1) is 0 Å². The number of rotatable bonds is 7. The van der Waals surface area contributed by atoms with Crippen LogP contribution in [0.1, 0.15) is 65.2 Å². The van der Waals surface area contributed by atoms with Gasteiger partial charge in [0.1, 0.15) is 6.10 Å². The second-order valence-corrected chi connectivity index (χ2v) is 7.22. The lowest BCUT2D eigenvalue weighted by Crippen LogP contribution is -2.40. The molecule has 0 aromatic heterocycles. The van der Waals surface area contributed by atoms with Crippen LogP contribution in [-0.2, 0) is 9.53 Å². The molecule has 2 aliphatic rings. The second-order valence-electron chi connectivity index (χ2n) is 7.22. The third-order valence-electron chi connectivity index (χ3n) is 5.16. The summed E-state index contributed by atoms with van der Waals surface area (Å²) in [4.78, 5) is 12.3. The smallest absolute Gasteiger partial charge is 0.249 e. The number of carbonyl (C=O) groups is 1. The lowest BCUT2D eigenvalue weighted by Gasteiger charge is -2.30. The van der Waals surface area contributed by atoms with E-state index in [1.54, 1.807) is 0 Å². The Hall–Kier alpha value is -0.610. The standard InChI is InChI=1S/C18H34N2O2/c1-3-17(22-16-8-4-6-14(2)12-16)18(21)20-11-9-15-7-5-10-19-13-15/h14-17,19H,3-13H2,1-2H3,(H,20,21). The molecule has 22 heavy (non-hydrogen) atoms. The van der Waals surface area contributed by atoms with Crippen LogP contribution in [0.4, 0.5) is 0 Å². The summed E-state index contributed by atoms with van der Waals surface area (Å²) in [6.07, 6.45) is 9.17. The van der Waals surface area contributed by atoms with E-state index in [0.29, 0.717) is 5.92 Å². The summed E-state index contributed by atoms with van der Waals surface area (Å²) >= 11 is 0. The molecule has 0 aromatic rings. The van der Waals surface area contributed by atoms with Crippen LogP contribution in [0, 0.1) is 11.8 Å². The summed E-state index contributed by atoms with van der Waals surface area (Å²) < 4.78 is 6.09. The molecule has 2 N–H and O–H groups in total. The Bertz CT molecular complexity index is 329. The molecule has 4 nitrogen and oxygen atoms in total. The van der Waals surface area contributed by atoms with Crippen molar-refractivity contribution in [1.29, 1.82) is 0 Å². The average Bonchev–Trinajstić information content (AvgIpc) is 2.53. The summed E-state index contributed by atoms with van der Waals surface area (Å²) in [5, 5.41) is 6.52. The van der Waals surface area contributed by atoms with Gasteiger partial charge in [0.2, 0.25) is 5.91 Å². The largest absolute Gasteiger partial charge is 0.365 e. The van der Waals surface area contributed by atoms with Crippen LogP contribution in [0.2, 0.25) is 0 Å². The quantitative estimate of drug-likeness (QED) is 0.760. The van der Waals surface area contributed by atoms with E-state index in [2.05, 4.69) is 17.6 Å². The van der Waals surface area contributed by atoms with Gasteiger partial charge in [-0.3, -0.25) is 4.79 Å². The number of carbonyl (C=O) groups excluding carboxylic acids is 1. The molecule has 4 heteroatoms. The van der Waals surface area contributed by atoms with Crippen molar-refractivity contribution in [2.24, 2.45) is 11.8 Å². The Morgan fingerprint density at radius 3 is 2.86 bits per heavy atom. The minimum Gasteiger partial charge on any atom is -0.365 e. The van der Waals surface area contributed by atoms with Crippen LogP contribution in [0.15, 0.2) is 0 Å². The van der Waals surface area contributed by atoms with Crippen LogP contribution >= 0.6 is 0 Å². The van der Waals surface area contributed by atoms with Gasteiger partial charge in [-0.2, -0.15) is 0 Å². The highest BCUT2D eigenvalue weighted by molar-refractivity contribution is 5.80. The number of nitrogens with one attached hydrogen (secondary N) is 2. The lowest BCUT2D eigenvalue weighted by atomic mass is 9.88. The third kappa shape index (κ3) is 5.88. The molecular weight excluding hydrogens is 276 g/mol. The maximum Gasteiger partial charge on any atom is 0.249 e. The summed E-state index contributed by atoms with van der Waals surface area (Å²) in [6, 6.07) is 0. The van der Waals surface area contributed by atoms with Gasteiger partial charge in [-0.25, -0.2) is 0 Å². The summed E-state index contributed by atoms with van der Waals surface area (Å²) in [5.41, 5.74) is 0. The molecule has 0 radical (unpaired) electrons. The highest BCUT2D eigenvalue weighted by atomic mass is 16.5. The first kappa shape index (κ1) is 17.7. The Kier molecular flexibility index (Phi) is 7.67. The van der Waals surface area contributed by atoms with Gasteiger partial charge in [0.15, 0.2) is 0 Å². The SMILES string of the molecule is CCC(OC1CCCC(C)C1)C(=O)NCCC1CCCNC1. The Balaban J connectivity index is 1.66. The molecule has 2 rings (SSSR count). The maximum absolute atomic E-state index is 12.3. The van der Waals surface area contributed by atoms with Crippen LogP contribution in [-0.4, -0.2) is 37.7 Å².